The minimum Gasteiger partial charge on any atom is -0.455 e. The maximum absolute atomic E-state index is 12.7. The van der Waals surface area contributed by atoms with Gasteiger partial charge in [0.05, 0.1) is 4.90 Å². The van der Waals surface area contributed by atoms with Crippen LogP contribution >= 0.6 is 0 Å². The van der Waals surface area contributed by atoms with E-state index in [2.05, 4.69) is 4.90 Å². The Kier molecular flexibility index (Phi) is 5.55. The first kappa shape index (κ1) is 19.2. The number of amides is 1. The van der Waals surface area contributed by atoms with Gasteiger partial charge in [0, 0.05) is 19.1 Å². The first-order chi connectivity index (χ1) is 13.5. The number of hydrogen-bond acceptors (Lipinski definition) is 5. The lowest BCUT2D eigenvalue weighted by molar-refractivity contribution is 0.0612. The van der Waals surface area contributed by atoms with Gasteiger partial charge in [0.1, 0.15) is 11.5 Å². The fraction of sp³-hybridized carbons (Fsp3) is 0.476. The second-order valence-corrected chi connectivity index (χ2v) is 9.59. The predicted octanol–water partition coefficient (Wildman–Crippen LogP) is 2.95. The van der Waals surface area contributed by atoms with Crippen LogP contribution in [0.2, 0.25) is 0 Å². The van der Waals surface area contributed by atoms with Crippen LogP contribution in [-0.4, -0.2) is 56.3 Å². The second kappa shape index (κ2) is 8.09. The van der Waals surface area contributed by atoms with Gasteiger partial charge in [-0.2, -0.15) is 0 Å². The Balaban J connectivity index is 1.37. The molecule has 3 heterocycles. The molecule has 2 aromatic rings. The summed E-state index contributed by atoms with van der Waals surface area (Å²) in [6.45, 7) is 3.79. The third kappa shape index (κ3) is 4.15. The molecule has 150 valence electrons. The van der Waals surface area contributed by atoms with Gasteiger partial charge in [0.15, 0.2) is 15.6 Å². The van der Waals surface area contributed by atoms with E-state index < -0.39 is 9.84 Å². The highest BCUT2D eigenvalue weighted by atomic mass is 32.2. The lowest BCUT2D eigenvalue weighted by Crippen LogP contribution is -2.45. The summed E-state index contributed by atoms with van der Waals surface area (Å²) >= 11 is 0. The zero-order valence-electron chi connectivity index (χ0n) is 15.9. The number of benzene rings is 1. The van der Waals surface area contributed by atoms with Crippen LogP contribution in [0.15, 0.2) is 51.8 Å². The quantitative estimate of drug-likeness (QED) is 0.769. The van der Waals surface area contributed by atoms with Crippen molar-refractivity contribution in [2.45, 2.75) is 42.4 Å². The van der Waals surface area contributed by atoms with Crippen molar-refractivity contribution in [1.82, 2.24) is 9.80 Å². The van der Waals surface area contributed by atoms with Crippen molar-refractivity contribution in [3.8, 4) is 0 Å². The second-order valence-electron chi connectivity index (χ2n) is 7.60. The van der Waals surface area contributed by atoms with E-state index in [4.69, 9.17) is 4.42 Å². The molecular formula is C21H26N2O4S. The Labute approximate surface area is 166 Å². The molecule has 1 aromatic carbocycles. The van der Waals surface area contributed by atoms with E-state index in [1.54, 1.807) is 42.5 Å². The molecular weight excluding hydrogens is 376 g/mol. The van der Waals surface area contributed by atoms with Crippen molar-refractivity contribution in [3.05, 3.63) is 54.0 Å². The van der Waals surface area contributed by atoms with E-state index >= 15 is 0 Å². The molecule has 0 radical (unpaired) electrons. The van der Waals surface area contributed by atoms with Crippen molar-refractivity contribution in [2.24, 2.45) is 0 Å². The number of piperidine rings is 1. The van der Waals surface area contributed by atoms with E-state index in [0.29, 0.717) is 11.8 Å². The SMILES string of the molecule is O=C(c1ccc(CS(=O)(=O)c2ccccc2)o1)N1CCC(N2CCCC2)CC1. The monoisotopic (exact) mass is 402 g/mol. The molecule has 4 rings (SSSR count). The Morgan fingerprint density at radius 3 is 2.32 bits per heavy atom. The summed E-state index contributed by atoms with van der Waals surface area (Å²) in [5.41, 5.74) is 0. The molecule has 0 atom stereocenters. The van der Waals surface area contributed by atoms with E-state index in [1.165, 1.54) is 25.9 Å². The number of furan rings is 1. The third-order valence-electron chi connectivity index (χ3n) is 5.72. The molecule has 2 fully saturated rings. The van der Waals surface area contributed by atoms with Crippen LogP contribution in [-0.2, 0) is 15.6 Å². The van der Waals surface area contributed by atoms with Gasteiger partial charge < -0.3 is 14.2 Å². The van der Waals surface area contributed by atoms with Crippen LogP contribution in [0.4, 0.5) is 0 Å². The van der Waals surface area contributed by atoms with Crippen molar-refractivity contribution >= 4 is 15.7 Å². The summed E-state index contributed by atoms with van der Waals surface area (Å²) in [5, 5.41) is 0. The standard InChI is InChI=1S/C21H26N2O4S/c24-21(23-14-10-17(11-15-23)22-12-4-5-13-22)20-9-8-18(27-20)16-28(25,26)19-6-2-1-3-7-19/h1-3,6-9,17H,4-5,10-16H2. The van der Waals surface area contributed by atoms with E-state index in [-0.39, 0.29) is 22.3 Å². The van der Waals surface area contributed by atoms with Gasteiger partial charge in [-0.3, -0.25) is 4.79 Å². The van der Waals surface area contributed by atoms with Gasteiger partial charge in [0.2, 0.25) is 0 Å². The maximum Gasteiger partial charge on any atom is 0.289 e. The molecule has 0 saturated carbocycles. The van der Waals surface area contributed by atoms with Crippen LogP contribution < -0.4 is 0 Å². The average molecular weight is 403 g/mol. The lowest BCUT2D eigenvalue weighted by Gasteiger charge is -2.36. The molecule has 2 saturated heterocycles. The number of sulfone groups is 1. The van der Waals surface area contributed by atoms with Gasteiger partial charge in [-0.25, -0.2) is 8.42 Å². The van der Waals surface area contributed by atoms with Crippen molar-refractivity contribution in [3.63, 3.8) is 0 Å². The summed E-state index contributed by atoms with van der Waals surface area (Å²) in [6.07, 6.45) is 4.53. The van der Waals surface area contributed by atoms with Gasteiger partial charge in [-0.05, 0) is 63.0 Å². The molecule has 1 aromatic heterocycles. The Morgan fingerprint density at radius 1 is 0.964 bits per heavy atom. The van der Waals surface area contributed by atoms with Crippen LogP contribution in [0.1, 0.15) is 42.0 Å². The maximum atomic E-state index is 12.7. The van der Waals surface area contributed by atoms with Crippen molar-refractivity contribution in [1.29, 1.82) is 0 Å². The number of likely N-dealkylation sites (tertiary alicyclic amines) is 2. The minimum absolute atomic E-state index is 0.150. The van der Waals surface area contributed by atoms with Crippen LogP contribution in [0, 0.1) is 0 Å². The van der Waals surface area contributed by atoms with Gasteiger partial charge in [0.25, 0.3) is 5.91 Å². The van der Waals surface area contributed by atoms with Gasteiger partial charge in [-0.15, -0.1) is 0 Å². The summed E-state index contributed by atoms with van der Waals surface area (Å²) in [5.74, 6) is 0.113. The molecule has 0 N–H and O–H groups in total. The van der Waals surface area contributed by atoms with E-state index in [9.17, 15) is 13.2 Å². The number of carbonyl (C=O) groups excluding carboxylic acids is 1. The highest BCUT2D eigenvalue weighted by Crippen LogP contribution is 2.23. The largest absolute Gasteiger partial charge is 0.455 e. The number of rotatable bonds is 5. The summed E-state index contributed by atoms with van der Waals surface area (Å²) in [7, 11) is -3.49. The predicted molar refractivity (Wildman–Crippen MR) is 106 cm³/mol. The molecule has 0 bridgehead atoms. The zero-order valence-corrected chi connectivity index (χ0v) is 16.7. The number of carbonyl (C=O) groups is 1. The average Bonchev–Trinajstić information content (AvgIpc) is 3.40. The van der Waals surface area contributed by atoms with Crippen molar-refractivity contribution < 1.29 is 17.6 Å². The topological polar surface area (TPSA) is 70.8 Å². The third-order valence-corrected chi connectivity index (χ3v) is 7.37. The minimum atomic E-state index is -3.49. The summed E-state index contributed by atoms with van der Waals surface area (Å²) in [6, 6.07) is 12.0. The normalized spacial score (nSPS) is 19.2. The fourth-order valence-electron chi connectivity index (χ4n) is 4.17. The highest BCUT2D eigenvalue weighted by Gasteiger charge is 2.30. The first-order valence-corrected chi connectivity index (χ1v) is 11.6. The van der Waals surface area contributed by atoms with Gasteiger partial charge in [-0.1, -0.05) is 18.2 Å². The first-order valence-electron chi connectivity index (χ1n) is 9.93. The molecule has 0 unspecified atom stereocenters. The van der Waals surface area contributed by atoms with Crippen LogP contribution in [0.25, 0.3) is 0 Å². The highest BCUT2D eigenvalue weighted by molar-refractivity contribution is 7.90. The van der Waals surface area contributed by atoms with E-state index in [0.717, 1.165) is 25.9 Å². The Hall–Kier alpha value is -2.12. The molecule has 2 aliphatic rings. The summed E-state index contributed by atoms with van der Waals surface area (Å²) < 4.78 is 30.6. The lowest BCUT2D eigenvalue weighted by atomic mass is 10.0. The zero-order chi connectivity index (χ0) is 19.6. The smallest absolute Gasteiger partial charge is 0.289 e. The van der Waals surface area contributed by atoms with Crippen LogP contribution in [0.3, 0.4) is 0 Å². The van der Waals surface area contributed by atoms with Crippen LogP contribution in [0.5, 0.6) is 0 Å². The fourth-order valence-corrected chi connectivity index (χ4v) is 5.43. The molecule has 2 aliphatic heterocycles. The Morgan fingerprint density at radius 2 is 1.64 bits per heavy atom. The van der Waals surface area contributed by atoms with Crippen molar-refractivity contribution in [2.75, 3.05) is 26.2 Å². The molecule has 6 nitrogen and oxygen atoms in total. The van der Waals surface area contributed by atoms with E-state index in [1.807, 2.05) is 4.90 Å². The molecule has 0 aliphatic carbocycles. The summed E-state index contributed by atoms with van der Waals surface area (Å²) in [4.78, 5) is 17.4. The number of hydrogen-bond donors (Lipinski definition) is 0. The van der Waals surface area contributed by atoms with Gasteiger partial charge >= 0.3 is 0 Å². The Bertz CT molecular complexity index is 909. The molecule has 7 heteroatoms. The molecule has 1 amide bonds. The number of nitrogens with zero attached hydrogens (tertiary/aromatic N) is 2. The molecule has 28 heavy (non-hydrogen) atoms. The molecule has 0 spiro atoms.